The second-order valence-corrected chi connectivity index (χ2v) is 7.91. The molecule has 30 heavy (non-hydrogen) atoms. The summed E-state index contributed by atoms with van der Waals surface area (Å²) >= 11 is 0. The van der Waals surface area contributed by atoms with Crippen molar-refractivity contribution in [1.29, 1.82) is 0 Å². The van der Waals surface area contributed by atoms with Crippen molar-refractivity contribution in [3.8, 4) is 11.5 Å². The molecule has 1 fully saturated rings. The third-order valence-corrected chi connectivity index (χ3v) is 5.85. The lowest BCUT2D eigenvalue weighted by molar-refractivity contribution is -0.139. The fourth-order valence-corrected chi connectivity index (χ4v) is 4.27. The van der Waals surface area contributed by atoms with Gasteiger partial charge in [-0.05, 0) is 37.0 Å². The van der Waals surface area contributed by atoms with Crippen LogP contribution in [-0.2, 0) is 12.7 Å². The molecule has 4 rings (SSSR count). The lowest BCUT2D eigenvalue weighted by atomic mass is 9.87. The summed E-state index contributed by atoms with van der Waals surface area (Å²) < 4.78 is 42.0. The van der Waals surface area contributed by atoms with Gasteiger partial charge in [-0.25, -0.2) is 4.98 Å². The first kappa shape index (κ1) is 20.5. The van der Waals surface area contributed by atoms with Gasteiger partial charge in [0, 0.05) is 18.9 Å². The molecule has 0 aromatic carbocycles. The van der Waals surface area contributed by atoms with Crippen molar-refractivity contribution >= 4 is 10.9 Å². The summed E-state index contributed by atoms with van der Waals surface area (Å²) in [6.07, 6.45) is 4.33. The van der Waals surface area contributed by atoms with Crippen molar-refractivity contribution in [2.24, 2.45) is 5.92 Å². The maximum Gasteiger partial charge on any atom is 0.434 e. The minimum absolute atomic E-state index is 0.0173. The fraction of sp³-hybridized carbons (Fsp3) is 0.455. The summed E-state index contributed by atoms with van der Waals surface area (Å²) in [5.41, 5.74) is -0.605. The van der Waals surface area contributed by atoms with Crippen LogP contribution < -0.4 is 5.56 Å². The maximum atomic E-state index is 13.5. The summed E-state index contributed by atoms with van der Waals surface area (Å²) in [7, 11) is 0. The van der Waals surface area contributed by atoms with Crippen LogP contribution in [-0.4, -0.2) is 19.5 Å². The number of fused-ring (bicyclic) bond motifs is 1. The number of halogens is 3. The zero-order valence-electron chi connectivity index (χ0n) is 16.7. The monoisotopic (exact) mass is 416 g/mol. The number of alkyl halides is 3. The molecule has 1 saturated carbocycles. The number of aryl methyl sites for hydroxylation is 1. The van der Waals surface area contributed by atoms with Crippen LogP contribution >= 0.6 is 0 Å². The average Bonchev–Trinajstić information content (AvgIpc) is 2.73. The molecule has 3 aromatic rings. The highest BCUT2D eigenvalue weighted by Gasteiger charge is 2.36. The molecule has 0 N–H and O–H groups in total. The summed E-state index contributed by atoms with van der Waals surface area (Å²) in [5.74, 6) is 0.774. The molecule has 158 valence electrons. The first-order chi connectivity index (χ1) is 14.4. The first-order valence-corrected chi connectivity index (χ1v) is 10.2. The Kier molecular flexibility index (Phi) is 5.58. The third kappa shape index (κ3) is 3.95. The van der Waals surface area contributed by atoms with E-state index < -0.39 is 22.8 Å². The van der Waals surface area contributed by atoms with Crippen LogP contribution in [0, 0.1) is 12.8 Å². The van der Waals surface area contributed by atoms with E-state index in [2.05, 4.69) is 15.0 Å². The number of hydrogen-bond acceptors (Lipinski definition) is 4. The molecule has 0 amide bonds. The molecule has 3 heterocycles. The van der Waals surface area contributed by atoms with E-state index in [1.807, 2.05) is 13.0 Å². The van der Waals surface area contributed by atoms with Gasteiger partial charge in [0.25, 0.3) is 5.56 Å². The number of hydrogen-bond donors (Lipinski definition) is 0. The van der Waals surface area contributed by atoms with Gasteiger partial charge in [-0.1, -0.05) is 38.2 Å². The lowest BCUT2D eigenvalue weighted by Gasteiger charge is -2.23. The predicted molar refractivity (Wildman–Crippen MR) is 108 cm³/mol. The Morgan fingerprint density at radius 1 is 1.10 bits per heavy atom. The van der Waals surface area contributed by atoms with Gasteiger partial charge in [0.2, 0.25) is 0 Å². The smallest absolute Gasteiger partial charge is 0.291 e. The molecular formula is C22H23F3N4O. The highest BCUT2D eigenvalue weighted by molar-refractivity contribution is 5.82. The van der Waals surface area contributed by atoms with Crippen LogP contribution in [0.2, 0.25) is 0 Å². The molecular weight excluding hydrogens is 393 g/mol. The van der Waals surface area contributed by atoms with E-state index in [1.54, 1.807) is 12.3 Å². The summed E-state index contributed by atoms with van der Waals surface area (Å²) in [5, 5.41) is -0.481. The molecule has 0 bridgehead atoms. The fourth-order valence-electron chi connectivity index (χ4n) is 4.27. The Labute approximate surface area is 172 Å². The Morgan fingerprint density at radius 2 is 1.87 bits per heavy atom. The van der Waals surface area contributed by atoms with E-state index >= 15 is 0 Å². The SMILES string of the molecule is Cc1cccnc1-c1nc2ccnc(C(F)(F)F)c2c(=O)n1CCC1CCCCC1. The number of rotatable bonds is 4. The summed E-state index contributed by atoms with van der Waals surface area (Å²) in [4.78, 5) is 25.6. The second-order valence-electron chi connectivity index (χ2n) is 7.91. The Balaban J connectivity index is 1.90. The van der Waals surface area contributed by atoms with Crippen LogP contribution in [0.3, 0.4) is 0 Å². The summed E-state index contributed by atoms with van der Waals surface area (Å²) in [6.45, 7) is 2.15. The van der Waals surface area contributed by atoms with E-state index in [-0.39, 0.29) is 5.52 Å². The van der Waals surface area contributed by atoms with E-state index in [4.69, 9.17) is 0 Å². The molecule has 8 heteroatoms. The second kappa shape index (κ2) is 8.16. The maximum absolute atomic E-state index is 13.5. The van der Waals surface area contributed by atoms with Gasteiger partial charge in [-0.3, -0.25) is 19.3 Å². The van der Waals surface area contributed by atoms with E-state index in [0.717, 1.165) is 43.9 Å². The molecule has 0 unspecified atom stereocenters. The van der Waals surface area contributed by atoms with Gasteiger partial charge in [-0.2, -0.15) is 13.2 Å². The van der Waals surface area contributed by atoms with Crippen LogP contribution in [0.4, 0.5) is 13.2 Å². The number of nitrogens with zero attached hydrogens (tertiary/aromatic N) is 4. The molecule has 3 aromatic heterocycles. The van der Waals surface area contributed by atoms with Crippen LogP contribution in [0.5, 0.6) is 0 Å². The molecule has 0 radical (unpaired) electrons. The van der Waals surface area contributed by atoms with Crippen molar-refractivity contribution < 1.29 is 13.2 Å². The normalized spacial score (nSPS) is 15.6. The Hall–Kier alpha value is -2.77. The zero-order valence-corrected chi connectivity index (χ0v) is 16.7. The molecule has 0 aliphatic heterocycles. The highest BCUT2D eigenvalue weighted by Crippen LogP contribution is 2.32. The standard InChI is InChI=1S/C22H23F3N4O/c1-14-6-5-11-26-18(14)20-28-16-9-12-27-19(22(23,24)25)17(16)21(30)29(20)13-10-15-7-3-2-4-8-15/h5-6,9,11-12,15H,2-4,7-8,10,13H2,1H3. The van der Waals surface area contributed by atoms with Crippen molar-refractivity contribution in [1.82, 2.24) is 19.5 Å². The van der Waals surface area contributed by atoms with E-state index in [0.29, 0.717) is 24.0 Å². The van der Waals surface area contributed by atoms with E-state index in [1.165, 1.54) is 17.1 Å². The van der Waals surface area contributed by atoms with Gasteiger partial charge < -0.3 is 0 Å². The largest absolute Gasteiger partial charge is 0.434 e. The molecule has 5 nitrogen and oxygen atoms in total. The van der Waals surface area contributed by atoms with E-state index in [9.17, 15) is 18.0 Å². The quantitative estimate of drug-likeness (QED) is 0.590. The van der Waals surface area contributed by atoms with Gasteiger partial charge in [0.15, 0.2) is 11.5 Å². The highest BCUT2D eigenvalue weighted by atomic mass is 19.4. The molecule has 0 spiro atoms. The zero-order chi connectivity index (χ0) is 21.3. The van der Waals surface area contributed by atoms with Crippen LogP contribution in [0.15, 0.2) is 35.4 Å². The molecule has 1 aliphatic carbocycles. The van der Waals surface area contributed by atoms with Gasteiger partial charge in [0.1, 0.15) is 5.69 Å². The van der Waals surface area contributed by atoms with Gasteiger partial charge >= 0.3 is 6.18 Å². The van der Waals surface area contributed by atoms with Gasteiger partial charge in [0.05, 0.1) is 10.9 Å². The molecule has 1 aliphatic rings. The van der Waals surface area contributed by atoms with Crippen LogP contribution in [0.25, 0.3) is 22.4 Å². The average molecular weight is 416 g/mol. The van der Waals surface area contributed by atoms with Crippen molar-refractivity contribution in [2.45, 2.75) is 58.2 Å². The first-order valence-electron chi connectivity index (χ1n) is 10.2. The van der Waals surface area contributed by atoms with Gasteiger partial charge in [-0.15, -0.1) is 0 Å². The van der Waals surface area contributed by atoms with Crippen molar-refractivity contribution in [3.05, 3.63) is 52.2 Å². The Morgan fingerprint density at radius 3 is 2.57 bits per heavy atom. The lowest BCUT2D eigenvalue weighted by Crippen LogP contribution is -2.28. The number of aromatic nitrogens is 4. The topological polar surface area (TPSA) is 60.7 Å². The Bertz CT molecular complexity index is 1120. The minimum Gasteiger partial charge on any atom is -0.291 e. The minimum atomic E-state index is -4.73. The predicted octanol–water partition coefficient (Wildman–Crippen LogP) is 5.15. The third-order valence-electron chi connectivity index (χ3n) is 5.85. The van der Waals surface area contributed by atoms with Crippen LogP contribution in [0.1, 0.15) is 49.8 Å². The van der Waals surface area contributed by atoms with Crippen molar-refractivity contribution in [3.63, 3.8) is 0 Å². The molecule has 0 saturated heterocycles. The van der Waals surface area contributed by atoms with Crippen molar-refractivity contribution in [2.75, 3.05) is 0 Å². The summed E-state index contributed by atoms with van der Waals surface area (Å²) in [6, 6.07) is 4.97. The number of pyridine rings is 2. The molecule has 0 atom stereocenters.